The Hall–Kier alpha value is -1.75. The Balaban J connectivity index is 1.47. The predicted octanol–water partition coefficient (Wildman–Crippen LogP) is 4.26. The number of piperidine rings is 1. The van der Waals surface area contributed by atoms with Crippen molar-refractivity contribution < 1.29 is 14.3 Å². The summed E-state index contributed by atoms with van der Waals surface area (Å²) in [6.07, 6.45) is 6.78. The number of nitrogens with zero attached hydrogens (tertiary/aromatic N) is 1. The third kappa shape index (κ3) is 6.40. The number of hydrogen-bond donors (Lipinski definition) is 1. The van der Waals surface area contributed by atoms with Gasteiger partial charge in [0.05, 0.1) is 12.5 Å². The van der Waals surface area contributed by atoms with Gasteiger partial charge in [0.15, 0.2) is 0 Å². The van der Waals surface area contributed by atoms with E-state index in [4.69, 9.17) is 9.47 Å². The number of fused-ring (bicyclic) bond motifs is 1. The second kappa shape index (κ2) is 9.64. The molecule has 1 aromatic carbocycles. The second-order valence-electron chi connectivity index (χ2n) is 9.07. The maximum atomic E-state index is 12.4. The van der Waals surface area contributed by atoms with Gasteiger partial charge in [0.2, 0.25) is 0 Å². The van der Waals surface area contributed by atoms with Crippen LogP contribution < -0.4 is 10.1 Å². The molecule has 2 aliphatic rings. The third-order valence-corrected chi connectivity index (χ3v) is 5.45. The number of rotatable bonds is 6. The first-order valence-electron chi connectivity index (χ1n) is 10.9. The summed E-state index contributed by atoms with van der Waals surface area (Å²) in [6.45, 7) is 10.7. The molecule has 1 saturated heterocycles. The van der Waals surface area contributed by atoms with Crippen molar-refractivity contribution in [1.29, 1.82) is 0 Å². The molecule has 0 spiro atoms. The first-order valence-corrected chi connectivity index (χ1v) is 10.9. The number of hydrogen-bond acceptors (Lipinski definition) is 5. The van der Waals surface area contributed by atoms with E-state index in [2.05, 4.69) is 22.3 Å². The highest BCUT2D eigenvalue weighted by molar-refractivity contribution is 5.74. The van der Waals surface area contributed by atoms with Crippen molar-refractivity contribution in [2.45, 2.75) is 64.9 Å². The minimum absolute atomic E-state index is 0.109. The molecule has 0 aliphatic carbocycles. The number of aryl methyl sites for hydroxylation is 1. The Morgan fingerprint density at radius 2 is 2.00 bits per heavy atom. The van der Waals surface area contributed by atoms with Gasteiger partial charge < -0.3 is 19.7 Å². The molecule has 0 saturated carbocycles. The predicted molar refractivity (Wildman–Crippen MR) is 113 cm³/mol. The molecule has 0 radical (unpaired) electrons. The van der Waals surface area contributed by atoms with Crippen LogP contribution in [-0.2, 0) is 16.0 Å². The van der Waals surface area contributed by atoms with E-state index >= 15 is 0 Å². The molecule has 1 atom stereocenters. The average molecular weight is 389 g/mol. The average Bonchev–Trinajstić information content (AvgIpc) is 2.87. The minimum Gasteiger partial charge on any atom is -0.494 e. The Labute approximate surface area is 169 Å². The summed E-state index contributed by atoms with van der Waals surface area (Å²) in [5.74, 6) is 0.706. The molecule has 5 heteroatoms. The number of carbonyl (C=O) groups excluding carboxylic acids is 1. The van der Waals surface area contributed by atoms with Crippen LogP contribution in [0.4, 0.5) is 5.69 Å². The summed E-state index contributed by atoms with van der Waals surface area (Å²) in [5, 5.41) is 3.42. The normalized spacial score (nSPS) is 20.6. The smallest absolute Gasteiger partial charge is 0.311 e. The number of ether oxygens (including phenoxy) is 2. The van der Waals surface area contributed by atoms with Crippen LogP contribution in [-0.4, -0.2) is 49.3 Å². The van der Waals surface area contributed by atoms with E-state index in [0.29, 0.717) is 6.54 Å². The van der Waals surface area contributed by atoms with Crippen LogP contribution in [0.2, 0.25) is 0 Å². The Bertz CT molecular complexity index is 648. The molecule has 0 amide bonds. The van der Waals surface area contributed by atoms with Gasteiger partial charge in [-0.1, -0.05) is 6.42 Å². The maximum absolute atomic E-state index is 12.4. The van der Waals surface area contributed by atoms with Gasteiger partial charge in [-0.05, 0) is 89.7 Å². The highest BCUT2D eigenvalue weighted by Crippen LogP contribution is 2.29. The van der Waals surface area contributed by atoms with Crippen molar-refractivity contribution in [3.05, 3.63) is 23.8 Å². The molecular weight excluding hydrogens is 352 g/mol. The Morgan fingerprint density at radius 3 is 2.75 bits per heavy atom. The van der Waals surface area contributed by atoms with Gasteiger partial charge in [-0.15, -0.1) is 0 Å². The largest absolute Gasteiger partial charge is 0.494 e. The van der Waals surface area contributed by atoms with Crippen molar-refractivity contribution in [1.82, 2.24) is 4.90 Å². The molecule has 2 heterocycles. The fourth-order valence-corrected chi connectivity index (χ4v) is 3.95. The molecule has 3 rings (SSSR count). The van der Waals surface area contributed by atoms with Crippen LogP contribution in [0.25, 0.3) is 0 Å². The number of carbonyl (C=O) groups is 1. The van der Waals surface area contributed by atoms with Gasteiger partial charge in [0.1, 0.15) is 11.4 Å². The highest BCUT2D eigenvalue weighted by atomic mass is 16.6. The molecule has 1 N–H and O–H groups in total. The van der Waals surface area contributed by atoms with Gasteiger partial charge in [0.25, 0.3) is 0 Å². The van der Waals surface area contributed by atoms with Crippen LogP contribution in [0.1, 0.15) is 58.4 Å². The maximum Gasteiger partial charge on any atom is 0.311 e. The van der Waals surface area contributed by atoms with Crippen LogP contribution in [0.15, 0.2) is 18.2 Å². The van der Waals surface area contributed by atoms with Gasteiger partial charge in [-0.3, -0.25) is 4.79 Å². The highest BCUT2D eigenvalue weighted by Gasteiger charge is 2.27. The van der Waals surface area contributed by atoms with Crippen molar-refractivity contribution in [2.24, 2.45) is 5.92 Å². The number of anilines is 1. The van der Waals surface area contributed by atoms with E-state index < -0.39 is 5.60 Å². The fourth-order valence-electron chi connectivity index (χ4n) is 3.95. The van der Waals surface area contributed by atoms with Crippen LogP contribution >= 0.6 is 0 Å². The number of likely N-dealkylation sites (tertiary alicyclic amines) is 1. The van der Waals surface area contributed by atoms with Crippen LogP contribution in [0.5, 0.6) is 5.75 Å². The molecule has 0 aromatic heterocycles. The third-order valence-electron chi connectivity index (χ3n) is 5.45. The van der Waals surface area contributed by atoms with Crippen molar-refractivity contribution in [3.63, 3.8) is 0 Å². The first-order chi connectivity index (χ1) is 13.4. The van der Waals surface area contributed by atoms with E-state index in [-0.39, 0.29) is 11.9 Å². The lowest BCUT2D eigenvalue weighted by atomic mass is 10.0. The molecule has 0 bridgehead atoms. The molecule has 28 heavy (non-hydrogen) atoms. The summed E-state index contributed by atoms with van der Waals surface area (Å²) < 4.78 is 11.6. The van der Waals surface area contributed by atoms with Crippen molar-refractivity contribution in [3.8, 4) is 5.75 Å². The van der Waals surface area contributed by atoms with E-state index in [9.17, 15) is 4.79 Å². The van der Waals surface area contributed by atoms with Crippen LogP contribution in [0.3, 0.4) is 0 Å². The summed E-state index contributed by atoms with van der Waals surface area (Å²) in [6, 6.07) is 6.23. The molecule has 1 fully saturated rings. The van der Waals surface area contributed by atoms with Crippen molar-refractivity contribution in [2.75, 3.05) is 38.1 Å². The zero-order valence-corrected chi connectivity index (χ0v) is 17.8. The quantitative estimate of drug-likeness (QED) is 0.583. The van der Waals surface area contributed by atoms with Gasteiger partial charge in [-0.2, -0.15) is 0 Å². The lowest BCUT2D eigenvalue weighted by Gasteiger charge is -2.26. The molecule has 2 aliphatic heterocycles. The van der Waals surface area contributed by atoms with E-state index in [1.807, 2.05) is 26.8 Å². The summed E-state index contributed by atoms with van der Waals surface area (Å²) >= 11 is 0. The molecule has 1 aromatic rings. The first kappa shape index (κ1) is 21.0. The monoisotopic (exact) mass is 388 g/mol. The zero-order valence-electron chi connectivity index (χ0n) is 17.8. The SMILES string of the molecule is CC(C)(C)OC(=O)C1CCc2cc(OCCCN3CCCCC3)ccc2NC1. The topological polar surface area (TPSA) is 50.8 Å². The summed E-state index contributed by atoms with van der Waals surface area (Å²) in [7, 11) is 0. The van der Waals surface area contributed by atoms with E-state index in [1.54, 1.807) is 0 Å². The fraction of sp³-hybridized carbons (Fsp3) is 0.696. The van der Waals surface area contributed by atoms with E-state index in [0.717, 1.165) is 43.9 Å². The molecule has 156 valence electrons. The summed E-state index contributed by atoms with van der Waals surface area (Å²) in [5.41, 5.74) is 1.89. The van der Waals surface area contributed by atoms with Gasteiger partial charge in [-0.25, -0.2) is 0 Å². The lowest BCUT2D eigenvalue weighted by Crippen LogP contribution is -2.31. The van der Waals surface area contributed by atoms with E-state index in [1.165, 1.54) is 37.9 Å². The Morgan fingerprint density at radius 1 is 1.21 bits per heavy atom. The number of nitrogens with one attached hydrogen (secondary N) is 1. The zero-order chi connectivity index (χ0) is 20.0. The van der Waals surface area contributed by atoms with Gasteiger partial charge in [0, 0.05) is 18.8 Å². The molecular formula is C23H36N2O3. The van der Waals surface area contributed by atoms with Gasteiger partial charge >= 0.3 is 5.97 Å². The number of benzene rings is 1. The van der Waals surface area contributed by atoms with Crippen molar-refractivity contribution >= 4 is 11.7 Å². The minimum atomic E-state index is -0.439. The summed E-state index contributed by atoms with van der Waals surface area (Å²) in [4.78, 5) is 14.9. The van der Waals surface area contributed by atoms with Crippen LogP contribution in [0, 0.1) is 5.92 Å². The lowest BCUT2D eigenvalue weighted by molar-refractivity contribution is -0.159. The second-order valence-corrected chi connectivity index (χ2v) is 9.07. The molecule has 5 nitrogen and oxygen atoms in total. The standard InChI is InChI=1S/C23H36N2O3/c1-23(2,3)28-22(26)19-9-8-18-16-20(10-11-21(18)24-17-19)27-15-7-14-25-12-5-4-6-13-25/h10-11,16,19,24H,4-9,12-15,17H2,1-3H3. The molecule has 1 unspecified atom stereocenters. The number of esters is 1. The Kier molecular flexibility index (Phi) is 7.22.